The quantitative estimate of drug-likeness (QED) is 0.615. The number of carbonyl (C=O) groups is 2. The van der Waals surface area contributed by atoms with Crippen LogP contribution in [-0.2, 0) is 4.74 Å². The van der Waals surface area contributed by atoms with Crippen LogP contribution in [0.5, 0.6) is 0 Å². The fourth-order valence-corrected chi connectivity index (χ4v) is 1.18. The molecule has 4 nitrogen and oxygen atoms in total. The van der Waals surface area contributed by atoms with Crippen molar-refractivity contribution >= 4 is 12.1 Å². The van der Waals surface area contributed by atoms with Crippen molar-refractivity contribution in [2.45, 2.75) is 26.8 Å². The van der Waals surface area contributed by atoms with E-state index in [1.807, 2.05) is 13.0 Å². The molecule has 4 heteroatoms. The summed E-state index contributed by atoms with van der Waals surface area (Å²) >= 11 is 0. The molecular formula is C12H15NO3. The van der Waals surface area contributed by atoms with Gasteiger partial charge in [-0.3, -0.25) is 0 Å². The van der Waals surface area contributed by atoms with Crippen LogP contribution in [-0.4, -0.2) is 18.1 Å². The van der Waals surface area contributed by atoms with Crippen LogP contribution in [0.1, 0.15) is 29.8 Å². The van der Waals surface area contributed by atoms with E-state index < -0.39 is 12.1 Å². The van der Waals surface area contributed by atoms with Crippen LogP contribution >= 0.6 is 0 Å². The highest BCUT2D eigenvalue weighted by atomic mass is 16.6. The Morgan fingerprint density at radius 2 is 2.00 bits per heavy atom. The van der Waals surface area contributed by atoms with Crippen LogP contribution < -0.4 is 5.32 Å². The lowest BCUT2D eigenvalue weighted by Gasteiger charge is -2.08. The summed E-state index contributed by atoms with van der Waals surface area (Å²) in [5.41, 5.74) is 1.32. The summed E-state index contributed by atoms with van der Waals surface area (Å²) in [5.74, 6) is -0.637. The number of hydrogen-bond donors (Lipinski definition) is 1. The van der Waals surface area contributed by atoms with E-state index in [1.165, 1.54) is 0 Å². The molecule has 0 aliphatic rings. The third-order valence-corrected chi connectivity index (χ3v) is 1.85. The van der Waals surface area contributed by atoms with Crippen molar-refractivity contribution in [1.29, 1.82) is 0 Å². The SMILES string of the molecule is Cc1cccc(C(=O)OC(=O)NC(C)C)c1. The van der Waals surface area contributed by atoms with Crippen LogP contribution in [0.3, 0.4) is 0 Å². The number of amides is 1. The van der Waals surface area contributed by atoms with Gasteiger partial charge < -0.3 is 10.1 Å². The molecule has 0 saturated carbocycles. The van der Waals surface area contributed by atoms with Gasteiger partial charge in [0.15, 0.2) is 0 Å². The average molecular weight is 221 g/mol. The minimum absolute atomic E-state index is 0.0576. The molecule has 0 atom stereocenters. The van der Waals surface area contributed by atoms with Crippen molar-refractivity contribution in [3.05, 3.63) is 35.4 Å². The first-order valence-electron chi connectivity index (χ1n) is 5.08. The van der Waals surface area contributed by atoms with Gasteiger partial charge in [0, 0.05) is 6.04 Å². The molecule has 86 valence electrons. The smallest absolute Gasteiger partial charge is 0.373 e. The second-order valence-corrected chi connectivity index (χ2v) is 3.85. The molecule has 0 unspecified atom stereocenters. The number of esters is 1. The van der Waals surface area contributed by atoms with Crippen molar-refractivity contribution in [2.24, 2.45) is 0 Å². The van der Waals surface area contributed by atoms with Crippen LogP contribution in [0.4, 0.5) is 4.79 Å². The van der Waals surface area contributed by atoms with Crippen LogP contribution in [0, 0.1) is 6.92 Å². The minimum atomic E-state index is -0.721. The molecule has 0 aliphatic heterocycles. The summed E-state index contributed by atoms with van der Waals surface area (Å²) in [6.45, 7) is 5.45. The van der Waals surface area contributed by atoms with Gasteiger partial charge in [0.05, 0.1) is 5.56 Å². The maximum Gasteiger partial charge on any atom is 0.415 e. The van der Waals surface area contributed by atoms with E-state index in [2.05, 4.69) is 10.1 Å². The topological polar surface area (TPSA) is 55.4 Å². The summed E-state index contributed by atoms with van der Waals surface area (Å²) in [5, 5.41) is 2.48. The van der Waals surface area contributed by atoms with Gasteiger partial charge in [-0.25, -0.2) is 9.59 Å². The molecule has 0 bridgehead atoms. The van der Waals surface area contributed by atoms with E-state index >= 15 is 0 Å². The Kier molecular flexibility index (Phi) is 4.05. The molecule has 0 aromatic heterocycles. The first-order chi connectivity index (χ1) is 7.49. The lowest BCUT2D eigenvalue weighted by Crippen LogP contribution is -2.32. The minimum Gasteiger partial charge on any atom is -0.373 e. The van der Waals surface area contributed by atoms with Crippen LogP contribution in [0.25, 0.3) is 0 Å². The number of hydrogen-bond acceptors (Lipinski definition) is 3. The first-order valence-corrected chi connectivity index (χ1v) is 5.08. The Labute approximate surface area is 94.6 Å². The van der Waals surface area contributed by atoms with Crippen molar-refractivity contribution < 1.29 is 14.3 Å². The highest BCUT2D eigenvalue weighted by molar-refractivity contribution is 5.96. The van der Waals surface area contributed by atoms with Gasteiger partial charge in [-0.1, -0.05) is 17.7 Å². The van der Waals surface area contributed by atoms with Gasteiger partial charge in [-0.2, -0.15) is 0 Å². The molecule has 1 N–H and O–H groups in total. The van der Waals surface area contributed by atoms with E-state index in [1.54, 1.807) is 32.0 Å². The molecule has 0 aliphatic carbocycles. The normalized spacial score (nSPS) is 10.0. The molecule has 1 aromatic carbocycles. The largest absolute Gasteiger partial charge is 0.415 e. The molecule has 0 radical (unpaired) electrons. The van der Waals surface area contributed by atoms with Gasteiger partial charge >= 0.3 is 12.1 Å². The van der Waals surface area contributed by atoms with Crippen molar-refractivity contribution in [2.75, 3.05) is 0 Å². The van der Waals surface area contributed by atoms with E-state index in [4.69, 9.17) is 0 Å². The highest BCUT2D eigenvalue weighted by Crippen LogP contribution is 2.05. The standard InChI is InChI=1S/C12H15NO3/c1-8(2)13-12(15)16-11(14)10-6-4-5-9(3)7-10/h4-8H,1-3H3,(H,13,15). The van der Waals surface area contributed by atoms with E-state index in [0.29, 0.717) is 5.56 Å². The van der Waals surface area contributed by atoms with E-state index in [-0.39, 0.29) is 6.04 Å². The second-order valence-electron chi connectivity index (χ2n) is 3.85. The fourth-order valence-electron chi connectivity index (χ4n) is 1.18. The Morgan fingerprint density at radius 1 is 1.31 bits per heavy atom. The molecule has 16 heavy (non-hydrogen) atoms. The van der Waals surface area contributed by atoms with Gasteiger partial charge in [0.2, 0.25) is 0 Å². The predicted molar refractivity (Wildman–Crippen MR) is 60.3 cm³/mol. The maximum atomic E-state index is 11.5. The van der Waals surface area contributed by atoms with E-state index in [0.717, 1.165) is 5.56 Å². The molecule has 1 aromatic rings. The average Bonchev–Trinajstić information content (AvgIpc) is 2.16. The molecule has 0 saturated heterocycles. The number of nitrogens with one attached hydrogen (secondary N) is 1. The fraction of sp³-hybridized carbons (Fsp3) is 0.333. The Hall–Kier alpha value is -1.84. The summed E-state index contributed by atoms with van der Waals surface area (Å²) in [6.07, 6.45) is -0.721. The Morgan fingerprint density at radius 3 is 2.56 bits per heavy atom. The van der Waals surface area contributed by atoms with Crippen molar-refractivity contribution in [3.63, 3.8) is 0 Å². The number of aryl methyl sites for hydroxylation is 1. The lowest BCUT2D eigenvalue weighted by molar-refractivity contribution is 0.0619. The number of benzene rings is 1. The zero-order valence-electron chi connectivity index (χ0n) is 9.61. The summed E-state index contributed by atoms with van der Waals surface area (Å²) < 4.78 is 4.61. The maximum absolute atomic E-state index is 11.5. The monoisotopic (exact) mass is 221 g/mol. The highest BCUT2D eigenvalue weighted by Gasteiger charge is 2.13. The van der Waals surface area contributed by atoms with Gasteiger partial charge in [0.25, 0.3) is 0 Å². The summed E-state index contributed by atoms with van der Waals surface area (Å²) in [7, 11) is 0. The zero-order chi connectivity index (χ0) is 12.1. The molecule has 0 heterocycles. The molecule has 0 fully saturated rings. The molecule has 0 spiro atoms. The summed E-state index contributed by atoms with van der Waals surface area (Å²) in [6, 6.07) is 6.83. The zero-order valence-corrected chi connectivity index (χ0v) is 9.61. The van der Waals surface area contributed by atoms with Gasteiger partial charge in [0.1, 0.15) is 0 Å². The summed E-state index contributed by atoms with van der Waals surface area (Å²) in [4.78, 5) is 22.7. The number of carbonyl (C=O) groups excluding carboxylic acids is 2. The van der Waals surface area contributed by atoms with Gasteiger partial charge in [-0.15, -0.1) is 0 Å². The Bertz CT molecular complexity index is 399. The second kappa shape index (κ2) is 5.30. The number of ether oxygens (including phenoxy) is 1. The lowest BCUT2D eigenvalue weighted by atomic mass is 10.1. The first kappa shape index (κ1) is 12.2. The van der Waals surface area contributed by atoms with Crippen LogP contribution in [0.2, 0.25) is 0 Å². The molecule has 1 rings (SSSR count). The van der Waals surface area contributed by atoms with E-state index in [9.17, 15) is 9.59 Å². The number of rotatable bonds is 2. The van der Waals surface area contributed by atoms with Crippen molar-refractivity contribution in [3.8, 4) is 0 Å². The third-order valence-electron chi connectivity index (χ3n) is 1.85. The van der Waals surface area contributed by atoms with Crippen LogP contribution in [0.15, 0.2) is 24.3 Å². The van der Waals surface area contributed by atoms with Crippen molar-refractivity contribution in [1.82, 2.24) is 5.32 Å². The third kappa shape index (κ3) is 3.73. The molecular weight excluding hydrogens is 206 g/mol. The Balaban J connectivity index is 2.62. The number of alkyl carbamates (subject to hydrolysis) is 1. The predicted octanol–water partition coefficient (Wildman–Crippen LogP) is 2.27. The molecule has 1 amide bonds. The van der Waals surface area contributed by atoms with Gasteiger partial charge in [-0.05, 0) is 32.9 Å².